The molecule has 3 aromatic rings. The normalized spacial score (nSPS) is 12.1. The third-order valence-corrected chi connectivity index (χ3v) is 4.17. The molecule has 0 unspecified atom stereocenters. The second kappa shape index (κ2) is 8.95. The van der Waals surface area contributed by atoms with Gasteiger partial charge in [-0.05, 0) is 42.0 Å². The number of guanidine groups is 1. The van der Waals surface area contributed by atoms with E-state index in [-0.39, 0.29) is 13.1 Å². The lowest BCUT2D eigenvalue weighted by molar-refractivity contribution is -0.137. The van der Waals surface area contributed by atoms with E-state index in [1.165, 1.54) is 6.07 Å². The summed E-state index contributed by atoms with van der Waals surface area (Å²) in [5.41, 5.74) is 0.544. The number of nitrogens with one attached hydrogen (secondary N) is 2. The van der Waals surface area contributed by atoms with Crippen LogP contribution in [0.1, 0.15) is 17.0 Å². The molecule has 0 saturated heterocycles. The van der Waals surface area contributed by atoms with Crippen molar-refractivity contribution in [3.63, 3.8) is 0 Å². The Bertz CT molecular complexity index is 986. The molecule has 3 rings (SSSR count). The van der Waals surface area contributed by atoms with Gasteiger partial charge in [-0.1, -0.05) is 28.9 Å². The summed E-state index contributed by atoms with van der Waals surface area (Å²) in [4.78, 5) is 8.31. The molecule has 0 atom stereocenters. The standard InChI is InChI=1S/C19H17ClF3N5O/c1-24-18(25-10-12-3-2-4-14(9-12)19(21,22)23)26-11-16-27-17(28-29-16)13-5-7-15(20)8-6-13/h2-9H,10-11H2,1H3,(H2,24,25,26). The Kier molecular flexibility index (Phi) is 6.38. The highest BCUT2D eigenvalue weighted by Crippen LogP contribution is 2.29. The van der Waals surface area contributed by atoms with E-state index < -0.39 is 11.7 Å². The van der Waals surface area contributed by atoms with Gasteiger partial charge < -0.3 is 15.2 Å². The van der Waals surface area contributed by atoms with Crippen LogP contribution in [0.25, 0.3) is 11.4 Å². The third-order valence-electron chi connectivity index (χ3n) is 3.92. The highest BCUT2D eigenvalue weighted by Gasteiger charge is 2.30. The first kappa shape index (κ1) is 20.7. The number of halogens is 4. The Morgan fingerprint density at radius 1 is 1.10 bits per heavy atom. The van der Waals surface area contributed by atoms with Crippen LogP contribution in [0.15, 0.2) is 58.0 Å². The third kappa shape index (κ3) is 5.71. The molecule has 6 nitrogen and oxygen atoms in total. The molecule has 1 heterocycles. The van der Waals surface area contributed by atoms with Gasteiger partial charge in [-0.2, -0.15) is 18.2 Å². The van der Waals surface area contributed by atoms with Crippen LogP contribution in [0.5, 0.6) is 0 Å². The van der Waals surface area contributed by atoms with Crippen molar-refractivity contribution >= 4 is 17.6 Å². The topological polar surface area (TPSA) is 75.3 Å². The largest absolute Gasteiger partial charge is 0.416 e. The first-order chi connectivity index (χ1) is 13.8. The van der Waals surface area contributed by atoms with Crippen LogP contribution in [-0.4, -0.2) is 23.1 Å². The van der Waals surface area contributed by atoms with Gasteiger partial charge in [0.25, 0.3) is 0 Å². The van der Waals surface area contributed by atoms with E-state index in [9.17, 15) is 13.2 Å². The summed E-state index contributed by atoms with van der Waals surface area (Å²) in [5, 5.41) is 10.4. The van der Waals surface area contributed by atoms with Gasteiger partial charge in [0.2, 0.25) is 11.7 Å². The van der Waals surface area contributed by atoms with Crippen molar-refractivity contribution in [2.75, 3.05) is 7.05 Å². The number of hydrogen-bond donors (Lipinski definition) is 2. The molecule has 0 spiro atoms. The molecule has 0 aliphatic heterocycles. The Hall–Kier alpha value is -3.07. The number of nitrogens with zero attached hydrogens (tertiary/aromatic N) is 3. The Balaban J connectivity index is 1.56. The summed E-state index contributed by atoms with van der Waals surface area (Å²) < 4.78 is 43.6. The van der Waals surface area contributed by atoms with Crippen molar-refractivity contribution in [2.24, 2.45) is 4.99 Å². The molecule has 10 heteroatoms. The van der Waals surface area contributed by atoms with Crippen LogP contribution in [0, 0.1) is 0 Å². The van der Waals surface area contributed by atoms with E-state index in [1.807, 2.05) is 0 Å². The van der Waals surface area contributed by atoms with Crippen LogP contribution in [0.4, 0.5) is 13.2 Å². The molecule has 0 aliphatic rings. The van der Waals surface area contributed by atoms with Gasteiger partial charge in [-0.3, -0.25) is 4.99 Å². The predicted octanol–water partition coefficient (Wildman–Crippen LogP) is 4.27. The smallest absolute Gasteiger partial charge is 0.352 e. The molecule has 152 valence electrons. The molecular formula is C19H17ClF3N5O. The fraction of sp³-hybridized carbons (Fsp3) is 0.211. The van der Waals surface area contributed by atoms with Gasteiger partial charge in [0, 0.05) is 24.2 Å². The lowest BCUT2D eigenvalue weighted by atomic mass is 10.1. The molecule has 0 aliphatic carbocycles. The summed E-state index contributed by atoms with van der Waals surface area (Å²) in [5.74, 6) is 1.14. The Morgan fingerprint density at radius 3 is 2.52 bits per heavy atom. The Morgan fingerprint density at radius 2 is 1.83 bits per heavy atom. The fourth-order valence-electron chi connectivity index (χ4n) is 2.47. The second-order valence-electron chi connectivity index (χ2n) is 6.00. The number of hydrogen-bond acceptors (Lipinski definition) is 4. The Labute approximate surface area is 169 Å². The zero-order valence-corrected chi connectivity index (χ0v) is 16.1. The molecule has 0 radical (unpaired) electrons. The highest BCUT2D eigenvalue weighted by molar-refractivity contribution is 6.30. The first-order valence-electron chi connectivity index (χ1n) is 8.54. The minimum Gasteiger partial charge on any atom is -0.352 e. The van der Waals surface area contributed by atoms with Crippen molar-refractivity contribution in [1.82, 2.24) is 20.8 Å². The molecule has 0 amide bonds. The van der Waals surface area contributed by atoms with Crippen molar-refractivity contribution in [3.8, 4) is 11.4 Å². The van der Waals surface area contributed by atoms with Gasteiger partial charge in [-0.25, -0.2) is 0 Å². The molecule has 0 saturated carbocycles. The summed E-state index contributed by atoms with van der Waals surface area (Å²) in [7, 11) is 1.55. The van der Waals surface area contributed by atoms with Crippen molar-refractivity contribution in [3.05, 3.63) is 70.6 Å². The molecule has 1 aromatic heterocycles. The lowest BCUT2D eigenvalue weighted by Gasteiger charge is -2.12. The monoisotopic (exact) mass is 423 g/mol. The number of aliphatic imine (C=N–C) groups is 1. The van der Waals surface area contributed by atoms with E-state index in [0.717, 1.165) is 17.7 Å². The number of alkyl halides is 3. The summed E-state index contributed by atoms with van der Waals surface area (Å²) in [6.45, 7) is 0.367. The average Bonchev–Trinajstić information content (AvgIpc) is 3.17. The highest BCUT2D eigenvalue weighted by atomic mass is 35.5. The predicted molar refractivity (Wildman–Crippen MR) is 103 cm³/mol. The quantitative estimate of drug-likeness (QED) is 0.473. The summed E-state index contributed by atoms with van der Waals surface area (Å²) in [6, 6.07) is 12.1. The van der Waals surface area contributed by atoms with Gasteiger partial charge in [0.15, 0.2) is 5.96 Å². The molecule has 29 heavy (non-hydrogen) atoms. The molecule has 0 fully saturated rings. The van der Waals surface area contributed by atoms with Gasteiger partial charge >= 0.3 is 6.18 Å². The van der Waals surface area contributed by atoms with Crippen LogP contribution in [0.2, 0.25) is 5.02 Å². The van der Waals surface area contributed by atoms with E-state index in [0.29, 0.717) is 28.3 Å². The lowest BCUT2D eigenvalue weighted by Crippen LogP contribution is -2.36. The van der Waals surface area contributed by atoms with Gasteiger partial charge in [0.1, 0.15) is 0 Å². The van der Waals surface area contributed by atoms with Crippen molar-refractivity contribution < 1.29 is 17.7 Å². The van der Waals surface area contributed by atoms with Gasteiger partial charge in [-0.15, -0.1) is 0 Å². The fourth-order valence-corrected chi connectivity index (χ4v) is 2.59. The van der Waals surface area contributed by atoms with Crippen LogP contribution in [0.3, 0.4) is 0 Å². The first-order valence-corrected chi connectivity index (χ1v) is 8.92. The maximum absolute atomic E-state index is 12.8. The van der Waals surface area contributed by atoms with E-state index in [4.69, 9.17) is 16.1 Å². The molecule has 2 N–H and O–H groups in total. The summed E-state index contributed by atoms with van der Waals surface area (Å²) >= 11 is 5.86. The zero-order chi connectivity index (χ0) is 20.9. The minimum absolute atomic E-state index is 0.170. The molecule has 0 bridgehead atoms. The van der Waals surface area contributed by atoms with E-state index in [1.54, 1.807) is 37.4 Å². The maximum atomic E-state index is 12.8. The second-order valence-corrected chi connectivity index (χ2v) is 6.43. The summed E-state index contributed by atoms with van der Waals surface area (Å²) in [6.07, 6.45) is -4.38. The van der Waals surface area contributed by atoms with Crippen LogP contribution >= 0.6 is 11.6 Å². The van der Waals surface area contributed by atoms with Crippen molar-refractivity contribution in [2.45, 2.75) is 19.3 Å². The number of rotatable bonds is 5. The maximum Gasteiger partial charge on any atom is 0.416 e. The van der Waals surface area contributed by atoms with Crippen LogP contribution < -0.4 is 10.6 Å². The number of benzene rings is 2. The van der Waals surface area contributed by atoms with Crippen molar-refractivity contribution in [1.29, 1.82) is 0 Å². The average molecular weight is 424 g/mol. The van der Waals surface area contributed by atoms with E-state index >= 15 is 0 Å². The van der Waals surface area contributed by atoms with Gasteiger partial charge in [0.05, 0.1) is 12.1 Å². The zero-order valence-electron chi connectivity index (χ0n) is 15.3. The van der Waals surface area contributed by atoms with Crippen LogP contribution in [-0.2, 0) is 19.3 Å². The van der Waals surface area contributed by atoms with E-state index in [2.05, 4.69) is 25.8 Å². The number of aromatic nitrogens is 2. The SMILES string of the molecule is CN=C(NCc1cccc(C(F)(F)F)c1)NCc1nc(-c2ccc(Cl)cc2)no1. The molecule has 2 aromatic carbocycles. The molecular weight excluding hydrogens is 407 g/mol. The minimum atomic E-state index is -4.38.